The van der Waals surface area contributed by atoms with Gasteiger partial charge in [-0.05, 0) is 49.7 Å². The summed E-state index contributed by atoms with van der Waals surface area (Å²) in [6.07, 6.45) is 0.755. The Hall–Kier alpha value is -4.25. The summed E-state index contributed by atoms with van der Waals surface area (Å²) in [5.74, 6) is -3.38. The number of nitrogens with one attached hydrogen (secondary N) is 2. The van der Waals surface area contributed by atoms with Gasteiger partial charge in [-0.25, -0.2) is 9.80 Å². The van der Waals surface area contributed by atoms with Gasteiger partial charge in [-0.1, -0.05) is 87.9 Å². The van der Waals surface area contributed by atoms with Crippen molar-refractivity contribution < 1.29 is 34.9 Å². The highest BCUT2D eigenvalue weighted by atomic mass is 16.6. The summed E-state index contributed by atoms with van der Waals surface area (Å²) >= 11 is 0. The van der Waals surface area contributed by atoms with E-state index in [1.54, 1.807) is 13.8 Å². The number of imide groups is 1. The van der Waals surface area contributed by atoms with Gasteiger partial charge < -0.3 is 20.1 Å². The lowest BCUT2D eigenvalue weighted by molar-refractivity contribution is -0.162. The molecular formula is C34H46N4O7. The van der Waals surface area contributed by atoms with Gasteiger partial charge in [-0.2, -0.15) is 5.01 Å². The summed E-state index contributed by atoms with van der Waals surface area (Å²) in [6, 6.07) is 16.5. The number of nitrogens with zero attached hydrogens (tertiary/aromatic N) is 2. The highest BCUT2D eigenvalue weighted by Gasteiger charge is 2.50. The molecule has 2 aromatic carbocycles. The lowest BCUT2D eigenvalue weighted by atomic mass is 10.0. The summed E-state index contributed by atoms with van der Waals surface area (Å²) in [4.78, 5) is 66.5. The van der Waals surface area contributed by atoms with E-state index in [0.717, 1.165) is 22.6 Å². The van der Waals surface area contributed by atoms with Crippen LogP contribution in [0.3, 0.4) is 0 Å². The molecule has 2 N–H and O–H groups in total. The van der Waals surface area contributed by atoms with Gasteiger partial charge in [0.25, 0.3) is 11.8 Å². The minimum atomic E-state index is -1.49. The van der Waals surface area contributed by atoms with Crippen LogP contribution in [0, 0.1) is 5.92 Å². The predicted molar refractivity (Wildman–Crippen MR) is 168 cm³/mol. The summed E-state index contributed by atoms with van der Waals surface area (Å²) < 4.78 is 19.4. The Morgan fingerprint density at radius 3 is 2.13 bits per heavy atom. The number of carbonyl (C=O) groups is 5. The Morgan fingerprint density at radius 1 is 0.956 bits per heavy atom. The van der Waals surface area contributed by atoms with Gasteiger partial charge in [-0.3, -0.25) is 19.2 Å². The average Bonchev–Trinajstić information content (AvgIpc) is 3.85. The second-order valence-corrected chi connectivity index (χ2v) is 11.5. The molecule has 11 heteroatoms. The molecule has 1 heterocycles. The molecule has 45 heavy (non-hydrogen) atoms. The molecule has 4 atom stereocenters. The summed E-state index contributed by atoms with van der Waals surface area (Å²) in [5, 5.41) is 4.51. The van der Waals surface area contributed by atoms with Crippen molar-refractivity contribution in [2.75, 3.05) is 13.7 Å². The second-order valence-electron chi connectivity index (χ2n) is 11.5. The van der Waals surface area contributed by atoms with Crippen LogP contribution in [0.4, 0.5) is 4.79 Å². The van der Waals surface area contributed by atoms with Crippen LogP contribution in [0.15, 0.2) is 60.7 Å². The van der Waals surface area contributed by atoms with Crippen molar-refractivity contribution in [3.63, 3.8) is 0 Å². The van der Waals surface area contributed by atoms with Crippen molar-refractivity contribution in [2.24, 2.45) is 5.92 Å². The normalized spacial score (nSPS) is 17.0. The number of rotatable bonds is 15. The molecule has 0 radical (unpaired) electrons. The fourth-order valence-electron chi connectivity index (χ4n) is 4.70. The molecule has 244 valence electrons. The van der Waals surface area contributed by atoms with Crippen LogP contribution in [0.1, 0.15) is 64.5 Å². The van der Waals surface area contributed by atoms with E-state index >= 15 is 0 Å². The minimum absolute atomic E-state index is 0.0914. The molecular weight excluding hydrogens is 576 g/mol. The van der Waals surface area contributed by atoms with E-state index in [9.17, 15) is 24.0 Å². The fourth-order valence-corrected chi connectivity index (χ4v) is 4.70. The molecule has 2 aromatic rings. The van der Waals surface area contributed by atoms with E-state index in [1.165, 1.54) is 14.0 Å². The first-order valence-corrected chi connectivity index (χ1v) is 15.6. The quantitative estimate of drug-likeness (QED) is 0.175. The van der Waals surface area contributed by atoms with E-state index in [1.807, 2.05) is 67.6 Å². The second kappa shape index (κ2) is 17.3. The molecule has 0 saturated carbocycles. The third-order valence-corrected chi connectivity index (χ3v) is 7.50. The lowest BCUT2D eigenvalue weighted by Gasteiger charge is -2.31. The monoisotopic (exact) mass is 624 g/mol. The Balaban J connectivity index is 1.71. The molecule has 1 aliphatic rings. The molecule has 1 fully saturated rings. The van der Waals surface area contributed by atoms with E-state index in [2.05, 4.69) is 5.32 Å². The maximum atomic E-state index is 13.8. The average molecular weight is 625 g/mol. The highest BCUT2D eigenvalue weighted by Crippen LogP contribution is 2.29. The zero-order chi connectivity index (χ0) is 33.8. The molecule has 11 nitrogen and oxygen atoms in total. The SMILES string of the molecule is [3H]N(C(=O)[C@@H](NC(=O)CCc1ccccc1)C(C)C)[C@@H](C)C(=O)N(C(=O)[C@H]1O[C@@H]1CCc1ccccc1)N(C)C(=O)OCCCC. The first-order chi connectivity index (χ1) is 22.0. The van der Waals surface area contributed by atoms with Crippen LogP contribution in [-0.4, -0.2) is 77.7 Å². The first-order valence-electron chi connectivity index (χ1n) is 16.0. The van der Waals surface area contributed by atoms with Crippen molar-refractivity contribution in [3.05, 3.63) is 71.8 Å². The number of amides is 5. The molecule has 5 amide bonds. The Kier molecular flexibility index (Phi) is 12.9. The number of hydrogen-bond acceptors (Lipinski definition) is 7. The van der Waals surface area contributed by atoms with Crippen molar-refractivity contribution in [1.29, 1.82) is 0 Å². The summed E-state index contributed by atoms with van der Waals surface area (Å²) in [6.45, 7) is 6.74. The van der Waals surface area contributed by atoms with Crippen LogP contribution >= 0.6 is 0 Å². The predicted octanol–water partition coefficient (Wildman–Crippen LogP) is 3.80. The van der Waals surface area contributed by atoms with E-state index in [-0.39, 0.29) is 18.9 Å². The molecule has 0 unspecified atom stereocenters. The van der Waals surface area contributed by atoms with Gasteiger partial charge in [0.1, 0.15) is 12.1 Å². The van der Waals surface area contributed by atoms with Crippen LogP contribution in [0.2, 0.25) is 1.41 Å². The molecule has 1 saturated heterocycles. The van der Waals surface area contributed by atoms with Gasteiger partial charge in [0.05, 0.1) is 12.7 Å². The number of carbonyl (C=O) groups excluding carboxylic acids is 5. The fraction of sp³-hybridized carbons (Fsp3) is 0.500. The van der Waals surface area contributed by atoms with Crippen LogP contribution in [0.25, 0.3) is 0 Å². The summed E-state index contributed by atoms with van der Waals surface area (Å²) in [5.41, 5.74) is 2.04. The molecule has 0 bridgehead atoms. The molecule has 0 spiro atoms. The van der Waals surface area contributed by atoms with Gasteiger partial charge in [-0.15, -0.1) is 0 Å². The Bertz CT molecular complexity index is 1330. The van der Waals surface area contributed by atoms with E-state index in [4.69, 9.17) is 10.9 Å². The van der Waals surface area contributed by atoms with E-state index < -0.39 is 54.0 Å². The Morgan fingerprint density at radius 2 is 1.56 bits per heavy atom. The number of hydrogen-bond donors (Lipinski definition) is 2. The Labute approximate surface area is 267 Å². The maximum Gasteiger partial charge on any atom is 0.429 e. The van der Waals surface area contributed by atoms with Crippen molar-refractivity contribution >= 4 is 29.7 Å². The standard InChI is InChI=1S/C34H46N4O7/c1-6-7-22-44-34(43)37(5)38(33(42)30-27(45-30)20-18-25-14-10-8-11-15-25)32(41)24(4)35-31(40)29(23(2)3)36-28(39)21-19-26-16-12-9-13-17-26/h8-17,23-24,27,29-30H,6-7,18-22H2,1-5H3,(H,35,40)(H,36,39)/t24-,27+,29-,30-/m0/s1/i/hT. The maximum absolute atomic E-state index is 13.8. The van der Waals surface area contributed by atoms with Crippen LogP contribution < -0.4 is 10.6 Å². The number of ether oxygens (including phenoxy) is 2. The third-order valence-electron chi connectivity index (χ3n) is 7.50. The van der Waals surface area contributed by atoms with Crippen LogP contribution in [0.5, 0.6) is 0 Å². The molecule has 3 rings (SSSR count). The van der Waals surface area contributed by atoms with Gasteiger partial charge >= 0.3 is 6.09 Å². The van der Waals surface area contributed by atoms with Gasteiger partial charge in [0, 0.05) is 13.5 Å². The van der Waals surface area contributed by atoms with E-state index in [0.29, 0.717) is 36.0 Å². The van der Waals surface area contributed by atoms with Crippen molar-refractivity contribution in [1.82, 2.24) is 20.6 Å². The van der Waals surface area contributed by atoms with Crippen molar-refractivity contribution in [2.45, 2.75) is 90.5 Å². The van der Waals surface area contributed by atoms with Crippen molar-refractivity contribution in [3.8, 4) is 0 Å². The zero-order valence-electron chi connectivity index (χ0n) is 27.8. The van der Waals surface area contributed by atoms with Gasteiger partial charge in [0.2, 0.25) is 11.8 Å². The third kappa shape index (κ3) is 10.7. The van der Waals surface area contributed by atoms with Crippen LogP contribution in [-0.2, 0) is 41.5 Å². The molecule has 0 aliphatic carbocycles. The molecule has 1 aliphatic heterocycles. The zero-order valence-corrected chi connectivity index (χ0v) is 26.8. The number of epoxide rings is 1. The number of hydrazine groups is 1. The smallest absolute Gasteiger partial charge is 0.429 e. The number of unbranched alkanes of at least 4 members (excludes halogenated alkanes) is 1. The lowest BCUT2D eigenvalue weighted by Crippen LogP contribution is -2.60. The number of benzene rings is 2. The summed E-state index contributed by atoms with van der Waals surface area (Å²) in [7, 11) is 1.22. The first kappa shape index (κ1) is 33.6. The highest BCUT2D eigenvalue weighted by molar-refractivity contribution is 6.03. The topological polar surface area (TPSA) is 138 Å². The number of aryl methyl sites for hydroxylation is 2. The molecule has 0 aromatic heterocycles. The minimum Gasteiger partial charge on any atom is -0.448 e. The largest absolute Gasteiger partial charge is 0.448 e. The van der Waals surface area contributed by atoms with Gasteiger partial charge in [0.15, 0.2) is 7.52 Å².